The highest BCUT2D eigenvalue weighted by Gasteiger charge is 1.89. The minimum Gasteiger partial charge on any atom is -0.388 e. The van der Waals surface area contributed by atoms with Gasteiger partial charge < -0.3 is 4.74 Å². The first-order valence-corrected chi connectivity index (χ1v) is 6.27. The van der Waals surface area contributed by atoms with E-state index in [1.165, 1.54) is 29.6 Å². The molecule has 0 fully saturated rings. The molecule has 0 aromatic heterocycles. The van der Waals surface area contributed by atoms with Gasteiger partial charge in [-0.25, -0.2) is 0 Å². The number of hydrogen-bond acceptors (Lipinski definition) is 1. The van der Waals surface area contributed by atoms with Gasteiger partial charge in [-0.3, -0.25) is 0 Å². The van der Waals surface area contributed by atoms with Crippen LogP contribution in [-0.2, 0) is 4.74 Å². The monoisotopic (exact) mass is 238 g/mol. The fourth-order valence-corrected chi connectivity index (χ4v) is 1.26. The molecule has 0 bridgehead atoms. The quantitative estimate of drug-likeness (QED) is 0.571. The topological polar surface area (TPSA) is 9.23 Å². The molecule has 0 aliphatic heterocycles. The highest BCUT2D eigenvalue weighted by molar-refractivity contribution is 5.03. The highest BCUT2D eigenvalue weighted by atomic mass is 16.4. The van der Waals surface area contributed by atoms with Crippen LogP contribution in [0.15, 0.2) is 35.5 Å². The summed E-state index contributed by atoms with van der Waals surface area (Å²) in [7, 11) is 3.25. The number of allylic oxidation sites excluding steroid dienone is 5. The number of hydrogen-bond donors (Lipinski definition) is 0. The Balaban J connectivity index is 0. The van der Waals surface area contributed by atoms with E-state index in [4.69, 9.17) is 0 Å². The molecular formula is C16H30O. The van der Waals surface area contributed by atoms with Crippen LogP contribution in [0.2, 0.25) is 0 Å². The number of methoxy groups -OCH3 is 1. The van der Waals surface area contributed by atoms with Crippen LogP contribution in [0.5, 0.6) is 0 Å². The first kappa shape index (κ1) is 18.5. The van der Waals surface area contributed by atoms with Crippen LogP contribution >= 0.6 is 0 Å². The Bertz CT molecular complexity index is 242. The van der Waals surface area contributed by atoms with Crippen LogP contribution in [-0.4, -0.2) is 14.2 Å². The highest BCUT2D eigenvalue weighted by Crippen LogP contribution is 2.10. The van der Waals surface area contributed by atoms with E-state index in [1.807, 2.05) is 0 Å². The fraction of sp³-hybridized carbons (Fsp3) is 0.625. The van der Waals surface area contributed by atoms with Crippen molar-refractivity contribution in [2.45, 2.75) is 53.4 Å². The largest absolute Gasteiger partial charge is 0.388 e. The molecule has 0 radical (unpaired) electrons. The molecule has 0 rings (SSSR count). The Morgan fingerprint density at radius 1 is 0.941 bits per heavy atom. The molecule has 1 heteroatoms. The van der Waals surface area contributed by atoms with Gasteiger partial charge in [0.05, 0.1) is 0 Å². The predicted octanol–water partition coefficient (Wildman–Crippen LogP) is 5.30. The SMILES string of the molecule is C=C(C)CC/C=C(\C)CCC=C(C)C.COC. The second kappa shape index (κ2) is 13.2. The molecule has 1 nitrogen and oxygen atoms in total. The number of ether oxygens (including phenoxy) is 1. The average Bonchev–Trinajstić information content (AvgIpc) is 2.17. The van der Waals surface area contributed by atoms with Gasteiger partial charge in [-0.1, -0.05) is 28.9 Å². The van der Waals surface area contributed by atoms with Gasteiger partial charge in [-0.2, -0.15) is 0 Å². The summed E-state index contributed by atoms with van der Waals surface area (Å²) in [6.45, 7) is 12.5. The lowest BCUT2D eigenvalue weighted by Gasteiger charge is -1.99. The third-order valence-corrected chi connectivity index (χ3v) is 2.16. The minimum absolute atomic E-state index is 1.12. The Kier molecular flexibility index (Phi) is 14.4. The summed E-state index contributed by atoms with van der Waals surface area (Å²) in [4.78, 5) is 0. The molecule has 0 unspecified atom stereocenters. The predicted molar refractivity (Wildman–Crippen MR) is 79.4 cm³/mol. The minimum atomic E-state index is 1.12. The second-order valence-electron chi connectivity index (χ2n) is 4.77. The van der Waals surface area contributed by atoms with Crippen LogP contribution in [0.25, 0.3) is 0 Å². The van der Waals surface area contributed by atoms with Crippen molar-refractivity contribution in [1.82, 2.24) is 0 Å². The average molecular weight is 238 g/mol. The van der Waals surface area contributed by atoms with E-state index in [-0.39, 0.29) is 0 Å². The molecular weight excluding hydrogens is 208 g/mol. The van der Waals surface area contributed by atoms with Gasteiger partial charge in [-0.15, -0.1) is 6.58 Å². The lowest BCUT2D eigenvalue weighted by atomic mass is 10.1. The Labute approximate surface area is 108 Å². The van der Waals surface area contributed by atoms with Gasteiger partial charge >= 0.3 is 0 Å². The molecule has 0 spiro atoms. The van der Waals surface area contributed by atoms with Crippen molar-refractivity contribution >= 4 is 0 Å². The van der Waals surface area contributed by atoms with Gasteiger partial charge in [0.1, 0.15) is 0 Å². The van der Waals surface area contributed by atoms with Crippen LogP contribution in [0.1, 0.15) is 53.4 Å². The fourth-order valence-electron chi connectivity index (χ4n) is 1.26. The van der Waals surface area contributed by atoms with Crippen LogP contribution in [0.4, 0.5) is 0 Å². The van der Waals surface area contributed by atoms with Gasteiger partial charge in [-0.05, 0) is 53.4 Å². The van der Waals surface area contributed by atoms with Crippen LogP contribution < -0.4 is 0 Å². The van der Waals surface area contributed by atoms with Gasteiger partial charge in [0, 0.05) is 14.2 Å². The Morgan fingerprint density at radius 2 is 1.41 bits per heavy atom. The molecule has 0 aliphatic carbocycles. The molecule has 0 aromatic rings. The third-order valence-electron chi connectivity index (χ3n) is 2.16. The van der Waals surface area contributed by atoms with Crippen molar-refractivity contribution < 1.29 is 4.74 Å². The lowest BCUT2D eigenvalue weighted by Crippen LogP contribution is -1.79. The summed E-state index contributed by atoms with van der Waals surface area (Å²) in [6, 6.07) is 0. The van der Waals surface area contributed by atoms with E-state index < -0.39 is 0 Å². The second-order valence-corrected chi connectivity index (χ2v) is 4.77. The van der Waals surface area contributed by atoms with Crippen molar-refractivity contribution in [3.8, 4) is 0 Å². The molecule has 0 aliphatic rings. The third kappa shape index (κ3) is 21.1. The zero-order valence-electron chi connectivity index (χ0n) is 12.6. The first-order valence-electron chi connectivity index (χ1n) is 6.27. The van der Waals surface area contributed by atoms with Crippen LogP contribution in [0, 0.1) is 0 Å². The maximum Gasteiger partial charge on any atom is 0.0351 e. The smallest absolute Gasteiger partial charge is 0.0351 e. The maximum atomic E-state index is 4.25. The summed E-state index contributed by atoms with van der Waals surface area (Å²) < 4.78 is 4.25. The summed E-state index contributed by atoms with van der Waals surface area (Å²) >= 11 is 0. The van der Waals surface area contributed by atoms with E-state index in [0.29, 0.717) is 0 Å². The Hall–Kier alpha value is -0.820. The summed E-state index contributed by atoms with van der Waals surface area (Å²) in [5.41, 5.74) is 4.20. The van der Waals surface area contributed by atoms with Crippen molar-refractivity contribution in [2.24, 2.45) is 0 Å². The standard InChI is InChI=1S/C14H24.C2H6O/c1-12(2)8-6-10-14(5)11-7-9-13(3)4;1-3-2/h9-10H,1,6-8,11H2,2-5H3;1-2H3/b14-10+;. The Morgan fingerprint density at radius 3 is 1.82 bits per heavy atom. The van der Waals surface area contributed by atoms with Crippen molar-refractivity contribution in [3.05, 3.63) is 35.5 Å². The van der Waals surface area contributed by atoms with E-state index >= 15 is 0 Å². The summed E-state index contributed by atoms with van der Waals surface area (Å²) in [5.74, 6) is 0. The van der Waals surface area contributed by atoms with Crippen LogP contribution in [0.3, 0.4) is 0 Å². The molecule has 0 saturated carbocycles. The van der Waals surface area contributed by atoms with E-state index in [9.17, 15) is 0 Å². The van der Waals surface area contributed by atoms with E-state index in [1.54, 1.807) is 14.2 Å². The molecule has 0 amide bonds. The van der Waals surface area contributed by atoms with Gasteiger partial charge in [0.2, 0.25) is 0 Å². The van der Waals surface area contributed by atoms with Crippen molar-refractivity contribution in [2.75, 3.05) is 14.2 Å². The summed E-state index contributed by atoms with van der Waals surface area (Å²) in [6.07, 6.45) is 9.29. The van der Waals surface area contributed by atoms with E-state index in [2.05, 4.69) is 51.2 Å². The molecule has 100 valence electrons. The maximum absolute atomic E-state index is 4.25. The first-order chi connectivity index (χ1) is 7.93. The zero-order chi connectivity index (χ0) is 13.7. The molecule has 0 saturated heterocycles. The molecule has 0 heterocycles. The number of rotatable bonds is 6. The lowest BCUT2D eigenvalue weighted by molar-refractivity contribution is 0.277. The van der Waals surface area contributed by atoms with Gasteiger partial charge in [0.15, 0.2) is 0 Å². The molecule has 0 atom stereocenters. The molecule has 0 N–H and O–H groups in total. The van der Waals surface area contributed by atoms with E-state index in [0.717, 1.165) is 12.8 Å². The normalized spacial score (nSPS) is 10.4. The van der Waals surface area contributed by atoms with Crippen molar-refractivity contribution in [1.29, 1.82) is 0 Å². The molecule has 0 aromatic carbocycles. The van der Waals surface area contributed by atoms with Gasteiger partial charge in [0.25, 0.3) is 0 Å². The zero-order valence-corrected chi connectivity index (χ0v) is 12.6. The molecule has 17 heavy (non-hydrogen) atoms. The summed E-state index contributed by atoms with van der Waals surface area (Å²) in [5, 5.41) is 0. The van der Waals surface area contributed by atoms with Crippen molar-refractivity contribution in [3.63, 3.8) is 0 Å².